The molecule has 2 aromatic carbocycles. The van der Waals surface area contributed by atoms with Gasteiger partial charge in [0.05, 0.1) is 0 Å². The number of carbonyl (C=O) groups excluding carboxylic acids is 1. The third-order valence-corrected chi connectivity index (χ3v) is 4.93. The van der Waals surface area contributed by atoms with E-state index in [0.29, 0.717) is 24.6 Å². The molecule has 1 amide bonds. The summed E-state index contributed by atoms with van der Waals surface area (Å²) in [6.07, 6.45) is 3.44. The zero-order chi connectivity index (χ0) is 21.5. The van der Waals surface area contributed by atoms with Crippen molar-refractivity contribution in [1.82, 2.24) is 20.5 Å². The van der Waals surface area contributed by atoms with Crippen molar-refractivity contribution in [2.75, 3.05) is 34.2 Å². The van der Waals surface area contributed by atoms with Crippen LogP contribution < -0.4 is 10.6 Å². The molecular formula is C23H29FIN5O. The number of halogens is 2. The largest absolute Gasteiger partial charge is 0.361 e. The first kappa shape index (κ1) is 24.6. The molecule has 3 aromatic rings. The van der Waals surface area contributed by atoms with Crippen molar-refractivity contribution in [1.29, 1.82) is 0 Å². The Labute approximate surface area is 199 Å². The van der Waals surface area contributed by atoms with Crippen LogP contribution >= 0.6 is 24.0 Å². The molecule has 3 rings (SSSR count). The Morgan fingerprint density at radius 1 is 1.10 bits per heavy atom. The molecule has 0 aliphatic rings. The van der Waals surface area contributed by atoms with E-state index in [1.165, 1.54) is 6.07 Å². The van der Waals surface area contributed by atoms with Crippen LogP contribution in [0.3, 0.4) is 0 Å². The predicted octanol–water partition coefficient (Wildman–Crippen LogP) is 3.58. The number of hydrogen-bond donors (Lipinski definition) is 3. The molecule has 0 spiro atoms. The molecule has 6 nitrogen and oxygen atoms in total. The van der Waals surface area contributed by atoms with Gasteiger partial charge in [0.15, 0.2) is 5.96 Å². The number of H-pyrrole nitrogens is 1. The van der Waals surface area contributed by atoms with Gasteiger partial charge in [-0.15, -0.1) is 24.0 Å². The van der Waals surface area contributed by atoms with Gasteiger partial charge < -0.3 is 20.5 Å². The Kier molecular flexibility index (Phi) is 9.29. The molecule has 31 heavy (non-hydrogen) atoms. The van der Waals surface area contributed by atoms with E-state index in [-0.39, 0.29) is 35.7 Å². The van der Waals surface area contributed by atoms with Gasteiger partial charge in [0.2, 0.25) is 0 Å². The molecular weight excluding hydrogens is 508 g/mol. The van der Waals surface area contributed by atoms with Crippen LogP contribution in [-0.2, 0) is 12.8 Å². The average Bonchev–Trinajstić information content (AvgIpc) is 3.14. The molecule has 0 radical (unpaired) electrons. The number of guanidine groups is 1. The van der Waals surface area contributed by atoms with E-state index in [2.05, 4.69) is 20.6 Å². The summed E-state index contributed by atoms with van der Waals surface area (Å²) in [6, 6.07) is 12.4. The highest BCUT2D eigenvalue weighted by molar-refractivity contribution is 14.0. The number of amides is 1. The summed E-state index contributed by atoms with van der Waals surface area (Å²) in [6.45, 7) is 1.37. The van der Waals surface area contributed by atoms with Crippen molar-refractivity contribution in [3.05, 3.63) is 71.2 Å². The Bertz CT molecular complexity index is 1050. The molecule has 8 heteroatoms. The maximum absolute atomic E-state index is 13.5. The summed E-state index contributed by atoms with van der Waals surface area (Å²) in [7, 11) is 5.23. The summed E-state index contributed by atoms with van der Waals surface area (Å²) in [4.78, 5) is 21.1. The average molecular weight is 537 g/mol. The minimum Gasteiger partial charge on any atom is -0.361 e. The zero-order valence-electron chi connectivity index (χ0n) is 18.0. The van der Waals surface area contributed by atoms with Gasteiger partial charge in [0.25, 0.3) is 5.91 Å². The Morgan fingerprint density at radius 3 is 2.55 bits per heavy atom. The topological polar surface area (TPSA) is 72.5 Å². The quantitative estimate of drug-likeness (QED) is 0.245. The molecule has 0 aliphatic heterocycles. The lowest BCUT2D eigenvalue weighted by Gasteiger charge is -2.13. The second kappa shape index (κ2) is 11.7. The van der Waals surface area contributed by atoms with Crippen LogP contribution in [0.2, 0.25) is 0 Å². The van der Waals surface area contributed by atoms with E-state index in [4.69, 9.17) is 0 Å². The number of nitrogens with zero attached hydrogens (tertiary/aromatic N) is 2. The first-order chi connectivity index (χ1) is 14.5. The number of carbonyl (C=O) groups is 1. The second-order valence-corrected chi connectivity index (χ2v) is 7.33. The van der Waals surface area contributed by atoms with Gasteiger partial charge in [-0.05, 0) is 54.3 Å². The minimum absolute atomic E-state index is 0. The van der Waals surface area contributed by atoms with Crippen molar-refractivity contribution in [2.24, 2.45) is 4.99 Å². The van der Waals surface area contributed by atoms with Crippen LogP contribution in [-0.4, -0.2) is 56.0 Å². The SMILES string of the molecule is CN=C(NCCc1cccc(C(=O)N(C)C)c1)NCCc1c[nH]c2ccc(F)cc12.I. The van der Waals surface area contributed by atoms with E-state index in [0.717, 1.165) is 34.9 Å². The molecule has 0 saturated heterocycles. The molecule has 0 atom stereocenters. The Hall–Kier alpha value is -2.62. The molecule has 0 fully saturated rings. The van der Waals surface area contributed by atoms with E-state index < -0.39 is 0 Å². The number of benzene rings is 2. The van der Waals surface area contributed by atoms with Crippen LogP contribution in [0.5, 0.6) is 0 Å². The van der Waals surface area contributed by atoms with E-state index in [1.54, 1.807) is 38.2 Å². The lowest BCUT2D eigenvalue weighted by Crippen LogP contribution is -2.39. The van der Waals surface area contributed by atoms with Crippen LogP contribution in [0.4, 0.5) is 4.39 Å². The van der Waals surface area contributed by atoms with Gasteiger partial charge in [0, 0.05) is 56.9 Å². The van der Waals surface area contributed by atoms with Gasteiger partial charge in [-0.2, -0.15) is 0 Å². The number of fused-ring (bicyclic) bond motifs is 1. The summed E-state index contributed by atoms with van der Waals surface area (Å²) in [5, 5.41) is 7.49. The molecule has 0 aliphatic carbocycles. The van der Waals surface area contributed by atoms with Gasteiger partial charge in [-0.3, -0.25) is 9.79 Å². The first-order valence-corrected chi connectivity index (χ1v) is 9.98. The summed E-state index contributed by atoms with van der Waals surface area (Å²) >= 11 is 0. The summed E-state index contributed by atoms with van der Waals surface area (Å²) < 4.78 is 13.5. The maximum Gasteiger partial charge on any atom is 0.253 e. The number of aliphatic imine (C=N–C) groups is 1. The Balaban J connectivity index is 0.00000341. The second-order valence-electron chi connectivity index (χ2n) is 7.33. The third-order valence-electron chi connectivity index (χ3n) is 4.93. The number of aromatic nitrogens is 1. The van der Waals surface area contributed by atoms with Crippen LogP contribution in [0, 0.1) is 5.82 Å². The number of rotatable bonds is 7. The van der Waals surface area contributed by atoms with Crippen LogP contribution in [0.25, 0.3) is 10.9 Å². The highest BCUT2D eigenvalue weighted by atomic mass is 127. The van der Waals surface area contributed by atoms with Gasteiger partial charge in [0.1, 0.15) is 5.82 Å². The highest BCUT2D eigenvalue weighted by Crippen LogP contribution is 2.19. The predicted molar refractivity (Wildman–Crippen MR) is 135 cm³/mol. The number of hydrogen-bond acceptors (Lipinski definition) is 2. The van der Waals surface area contributed by atoms with Gasteiger partial charge in [-0.25, -0.2) is 4.39 Å². The molecule has 3 N–H and O–H groups in total. The molecule has 166 valence electrons. The third kappa shape index (κ3) is 6.68. The van der Waals surface area contributed by atoms with Crippen molar-refractivity contribution in [2.45, 2.75) is 12.8 Å². The lowest BCUT2D eigenvalue weighted by molar-refractivity contribution is 0.0827. The van der Waals surface area contributed by atoms with Crippen molar-refractivity contribution in [3.8, 4) is 0 Å². The van der Waals surface area contributed by atoms with Crippen molar-refractivity contribution >= 4 is 46.7 Å². The molecule has 0 saturated carbocycles. The number of aromatic amines is 1. The fraction of sp³-hybridized carbons (Fsp3) is 0.304. The fourth-order valence-corrected chi connectivity index (χ4v) is 3.34. The molecule has 0 bridgehead atoms. The zero-order valence-corrected chi connectivity index (χ0v) is 20.4. The lowest BCUT2D eigenvalue weighted by atomic mass is 10.1. The van der Waals surface area contributed by atoms with Crippen LogP contribution in [0.1, 0.15) is 21.5 Å². The van der Waals surface area contributed by atoms with Gasteiger partial charge in [-0.1, -0.05) is 12.1 Å². The van der Waals surface area contributed by atoms with Gasteiger partial charge >= 0.3 is 0 Å². The van der Waals surface area contributed by atoms with Crippen molar-refractivity contribution < 1.29 is 9.18 Å². The summed E-state index contributed by atoms with van der Waals surface area (Å²) in [5.41, 5.74) is 3.78. The molecule has 1 heterocycles. The van der Waals surface area contributed by atoms with Crippen molar-refractivity contribution in [3.63, 3.8) is 0 Å². The standard InChI is InChI=1S/C23H28FN5O.HI/c1-25-23(26-11-9-16-5-4-6-17(13-16)22(30)29(2)3)27-12-10-18-15-28-21-8-7-19(24)14-20(18)21;/h4-8,13-15,28H,9-12H2,1-3H3,(H2,25,26,27);1H. The van der Waals surface area contributed by atoms with E-state index >= 15 is 0 Å². The Morgan fingerprint density at radius 2 is 1.84 bits per heavy atom. The monoisotopic (exact) mass is 537 g/mol. The molecule has 0 unspecified atom stereocenters. The van der Waals surface area contributed by atoms with E-state index in [9.17, 15) is 9.18 Å². The normalized spacial score (nSPS) is 11.2. The highest BCUT2D eigenvalue weighted by Gasteiger charge is 2.08. The summed E-state index contributed by atoms with van der Waals surface area (Å²) in [5.74, 6) is 0.478. The fourth-order valence-electron chi connectivity index (χ4n) is 3.34. The minimum atomic E-state index is -0.231. The smallest absolute Gasteiger partial charge is 0.253 e. The molecule has 1 aromatic heterocycles. The maximum atomic E-state index is 13.5. The number of nitrogens with one attached hydrogen (secondary N) is 3. The van der Waals surface area contributed by atoms with Crippen LogP contribution in [0.15, 0.2) is 53.7 Å². The van der Waals surface area contributed by atoms with E-state index in [1.807, 2.05) is 30.5 Å². The first-order valence-electron chi connectivity index (χ1n) is 9.98.